The van der Waals surface area contributed by atoms with Gasteiger partial charge >= 0.3 is 0 Å². The Morgan fingerprint density at radius 3 is 2.04 bits per heavy atom. The van der Waals surface area contributed by atoms with Gasteiger partial charge in [0.15, 0.2) is 0 Å². The van der Waals surface area contributed by atoms with Crippen LogP contribution in [-0.2, 0) is 14.8 Å². The van der Waals surface area contributed by atoms with Gasteiger partial charge in [-0.25, -0.2) is 8.42 Å². The van der Waals surface area contributed by atoms with E-state index in [0.717, 1.165) is 48.9 Å². The fraction of sp³-hybridized carbons (Fsp3) is 0.667. The molecule has 2 rings (SSSR count). The second-order valence-corrected chi connectivity index (χ2v) is 10.2. The first kappa shape index (κ1) is 21.9. The van der Waals surface area contributed by atoms with Crippen molar-refractivity contribution in [3.8, 4) is 0 Å². The second-order valence-electron chi connectivity index (χ2n) is 8.27. The van der Waals surface area contributed by atoms with Gasteiger partial charge in [0.2, 0.25) is 15.9 Å². The Kier molecular flexibility index (Phi) is 7.46. The summed E-state index contributed by atoms with van der Waals surface area (Å²) >= 11 is 0. The van der Waals surface area contributed by atoms with Crippen LogP contribution in [0.25, 0.3) is 0 Å². The molecule has 1 aromatic carbocycles. The molecule has 0 aromatic heterocycles. The van der Waals surface area contributed by atoms with Crippen molar-refractivity contribution >= 4 is 21.6 Å². The SMILES string of the molecule is CC(C)c1cccc(C(C)C)c1NC(=O)CN(C1CCCCC1)S(C)(=O)=O. The van der Waals surface area contributed by atoms with Crippen molar-refractivity contribution in [1.29, 1.82) is 0 Å². The molecule has 0 atom stereocenters. The molecule has 5 nitrogen and oxygen atoms in total. The van der Waals surface area contributed by atoms with Crippen molar-refractivity contribution in [2.45, 2.75) is 77.7 Å². The highest BCUT2D eigenvalue weighted by Gasteiger charge is 2.30. The van der Waals surface area contributed by atoms with E-state index in [9.17, 15) is 13.2 Å². The number of hydrogen-bond acceptors (Lipinski definition) is 3. The van der Waals surface area contributed by atoms with Crippen LogP contribution in [0.1, 0.15) is 82.8 Å². The minimum atomic E-state index is -3.43. The average molecular weight is 395 g/mol. The average Bonchev–Trinajstić information content (AvgIpc) is 2.59. The Labute approximate surface area is 164 Å². The molecule has 1 N–H and O–H groups in total. The van der Waals surface area contributed by atoms with Crippen molar-refractivity contribution in [1.82, 2.24) is 4.31 Å². The fourth-order valence-electron chi connectivity index (χ4n) is 3.90. The number of nitrogens with one attached hydrogen (secondary N) is 1. The van der Waals surface area contributed by atoms with Gasteiger partial charge < -0.3 is 5.32 Å². The number of nitrogens with zero attached hydrogens (tertiary/aromatic N) is 1. The molecular weight excluding hydrogens is 360 g/mol. The van der Waals surface area contributed by atoms with Crippen molar-refractivity contribution in [3.05, 3.63) is 29.3 Å². The predicted molar refractivity (Wildman–Crippen MR) is 112 cm³/mol. The van der Waals surface area contributed by atoms with Gasteiger partial charge in [0.25, 0.3) is 0 Å². The van der Waals surface area contributed by atoms with E-state index < -0.39 is 10.0 Å². The third-order valence-electron chi connectivity index (χ3n) is 5.34. The number of anilines is 1. The maximum atomic E-state index is 12.8. The Morgan fingerprint density at radius 2 is 1.59 bits per heavy atom. The molecule has 1 aliphatic rings. The zero-order valence-corrected chi connectivity index (χ0v) is 18.1. The highest BCUT2D eigenvalue weighted by Crippen LogP contribution is 2.32. The lowest BCUT2D eigenvalue weighted by Gasteiger charge is -2.32. The molecule has 0 saturated heterocycles. The molecular formula is C21H34N2O3S. The molecule has 6 heteroatoms. The summed E-state index contributed by atoms with van der Waals surface area (Å²) in [5.41, 5.74) is 3.00. The summed E-state index contributed by atoms with van der Waals surface area (Å²) in [6.07, 6.45) is 6.05. The molecule has 0 spiro atoms. The monoisotopic (exact) mass is 394 g/mol. The first-order valence-corrected chi connectivity index (χ1v) is 11.9. The van der Waals surface area contributed by atoms with E-state index in [-0.39, 0.29) is 30.3 Å². The van der Waals surface area contributed by atoms with Crippen molar-refractivity contribution < 1.29 is 13.2 Å². The maximum Gasteiger partial charge on any atom is 0.239 e. The molecule has 1 aromatic rings. The maximum absolute atomic E-state index is 12.8. The molecule has 0 bridgehead atoms. The number of para-hydroxylation sites is 1. The predicted octanol–water partition coefficient (Wildman–Crippen LogP) is 4.47. The van der Waals surface area contributed by atoms with Crippen LogP contribution in [-0.4, -0.2) is 37.5 Å². The van der Waals surface area contributed by atoms with Crippen LogP contribution in [0.3, 0.4) is 0 Å². The van der Waals surface area contributed by atoms with Crippen molar-refractivity contribution in [3.63, 3.8) is 0 Å². The molecule has 152 valence electrons. The summed E-state index contributed by atoms with van der Waals surface area (Å²) in [6, 6.07) is 6.01. The quantitative estimate of drug-likeness (QED) is 0.742. The molecule has 1 amide bonds. The van der Waals surface area contributed by atoms with Gasteiger partial charge in [-0.3, -0.25) is 4.79 Å². The summed E-state index contributed by atoms with van der Waals surface area (Å²) in [6.45, 7) is 8.27. The van der Waals surface area contributed by atoms with E-state index in [0.29, 0.717) is 0 Å². The third-order valence-corrected chi connectivity index (χ3v) is 6.62. The van der Waals surface area contributed by atoms with Gasteiger partial charge in [-0.15, -0.1) is 0 Å². The first-order valence-electron chi connectivity index (χ1n) is 10.0. The zero-order chi connectivity index (χ0) is 20.2. The Balaban J connectivity index is 2.25. The summed E-state index contributed by atoms with van der Waals surface area (Å²) in [4.78, 5) is 12.8. The summed E-state index contributed by atoms with van der Waals surface area (Å²) < 4.78 is 26.0. The number of benzene rings is 1. The van der Waals surface area contributed by atoms with Gasteiger partial charge in [-0.2, -0.15) is 4.31 Å². The third kappa shape index (κ3) is 5.79. The van der Waals surface area contributed by atoms with Crippen LogP contribution in [0.5, 0.6) is 0 Å². The molecule has 1 saturated carbocycles. The molecule has 1 aliphatic carbocycles. The van der Waals surface area contributed by atoms with E-state index in [1.807, 2.05) is 18.2 Å². The molecule has 0 radical (unpaired) electrons. The van der Waals surface area contributed by atoms with E-state index >= 15 is 0 Å². The number of amides is 1. The van der Waals surface area contributed by atoms with Gasteiger partial charge in [-0.1, -0.05) is 65.2 Å². The summed E-state index contributed by atoms with van der Waals surface area (Å²) in [5.74, 6) is 0.271. The minimum Gasteiger partial charge on any atom is -0.324 e. The molecule has 0 unspecified atom stereocenters. The van der Waals surface area contributed by atoms with E-state index in [2.05, 4.69) is 33.0 Å². The summed E-state index contributed by atoms with van der Waals surface area (Å²) in [5, 5.41) is 3.04. The lowest BCUT2D eigenvalue weighted by atomic mass is 9.92. The van der Waals surface area contributed by atoms with Crippen LogP contribution >= 0.6 is 0 Å². The Morgan fingerprint density at radius 1 is 1.07 bits per heavy atom. The highest BCUT2D eigenvalue weighted by atomic mass is 32.2. The molecule has 0 aliphatic heterocycles. The Bertz CT molecular complexity index is 724. The van der Waals surface area contributed by atoms with Crippen molar-refractivity contribution in [2.24, 2.45) is 0 Å². The second kappa shape index (κ2) is 9.20. The number of rotatable bonds is 7. The van der Waals surface area contributed by atoms with E-state index in [4.69, 9.17) is 0 Å². The standard InChI is InChI=1S/C21H34N2O3S/c1-15(2)18-12-9-13-19(16(3)4)21(18)22-20(24)14-23(27(5,25)26)17-10-7-6-8-11-17/h9,12-13,15-17H,6-8,10-11,14H2,1-5H3,(H,22,24). The van der Waals surface area contributed by atoms with Gasteiger partial charge in [0, 0.05) is 11.7 Å². The molecule has 1 fully saturated rings. The minimum absolute atomic E-state index is 0.0654. The number of carbonyl (C=O) groups excluding carboxylic acids is 1. The smallest absolute Gasteiger partial charge is 0.239 e. The van der Waals surface area contributed by atoms with Gasteiger partial charge in [0.05, 0.1) is 12.8 Å². The summed E-state index contributed by atoms with van der Waals surface area (Å²) in [7, 11) is -3.43. The normalized spacial score (nSPS) is 16.3. The van der Waals surface area contributed by atoms with E-state index in [1.165, 1.54) is 10.6 Å². The number of hydrogen-bond donors (Lipinski definition) is 1. The topological polar surface area (TPSA) is 66.5 Å². The van der Waals surface area contributed by atoms with Gasteiger partial charge in [0.1, 0.15) is 0 Å². The molecule has 0 heterocycles. The highest BCUT2D eigenvalue weighted by molar-refractivity contribution is 7.88. The molecule has 27 heavy (non-hydrogen) atoms. The number of carbonyl (C=O) groups is 1. The van der Waals surface area contributed by atoms with Crippen LogP contribution in [0.15, 0.2) is 18.2 Å². The largest absolute Gasteiger partial charge is 0.324 e. The van der Waals surface area contributed by atoms with Crippen LogP contribution in [0.4, 0.5) is 5.69 Å². The van der Waals surface area contributed by atoms with Gasteiger partial charge in [-0.05, 0) is 35.8 Å². The lowest BCUT2D eigenvalue weighted by molar-refractivity contribution is -0.116. The van der Waals surface area contributed by atoms with Crippen LogP contribution in [0, 0.1) is 0 Å². The number of sulfonamides is 1. The van der Waals surface area contributed by atoms with Crippen molar-refractivity contribution in [2.75, 3.05) is 18.1 Å². The zero-order valence-electron chi connectivity index (χ0n) is 17.3. The van der Waals surface area contributed by atoms with Crippen LogP contribution < -0.4 is 5.32 Å². The first-order chi connectivity index (χ1) is 12.6. The van der Waals surface area contributed by atoms with E-state index in [1.54, 1.807) is 0 Å². The fourth-order valence-corrected chi connectivity index (χ4v) is 5.01. The Hall–Kier alpha value is -1.40. The van der Waals surface area contributed by atoms with Crippen LogP contribution in [0.2, 0.25) is 0 Å². The lowest BCUT2D eigenvalue weighted by Crippen LogP contribution is -2.45.